The molecule has 0 aliphatic carbocycles. The summed E-state index contributed by atoms with van der Waals surface area (Å²) in [4.78, 5) is 23.8. The molecular formula is C15H22N2O5. The molecule has 0 aromatic heterocycles. The summed E-state index contributed by atoms with van der Waals surface area (Å²) in [6.45, 7) is 4.39. The lowest BCUT2D eigenvalue weighted by Gasteiger charge is -2.19. The van der Waals surface area contributed by atoms with Crippen LogP contribution in [0.5, 0.6) is 0 Å². The van der Waals surface area contributed by atoms with E-state index in [4.69, 9.17) is 10.8 Å². The molecule has 7 heteroatoms. The number of nitrogen functional groups attached to an aromatic ring is 1. The number of benzene rings is 1. The number of aliphatic hydroxyl groups is 2. The topological polar surface area (TPSA) is 133 Å². The van der Waals surface area contributed by atoms with E-state index in [0.29, 0.717) is 28.8 Å². The van der Waals surface area contributed by atoms with Crippen LogP contribution < -0.4 is 11.1 Å². The van der Waals surface area contributed by atoms with Crippen molar-refractivity contribution < 1.29 is 24.9 Å². The molecule has 0 spiro atoms. The fourth-order valence-electron chi connectivity index (χ4n) is 2.49. The first-order valence-electron chi connectivity index (χ1n) is 6.98. The molecule has 1 rings (SSSR count). The highest BCUT2D eigenvalue weighted by Crippen LogP contribution is 2.30. The normalized spacial score (nSPS) is 12.0. The molecule has 22 heavy (non-hydrogen) atoms. The largest absolute Gasteiger partial charge is 0.478 e. The van der Waals surface area contributed by atoms with E-state index in [9.17, 15) is 19.8 Å². The van der Waals surface area contributed by atoms with Gasteiger partial charge in [-0.2, -0.15) is 0 Å². The van der Waals surface area contributed by atoms with Crippen molar-refractivity contribution in [2.75, 3.05) is 18.9 Å². The average Bonchev–Trinajstić information content (AvgIpc) is 2.47. The van der Waals surface area contributed by atoms with E-state index in [2.05, 4.69) is 5.32 Å². The number of rotatable bonds is 6. The van der Waals surface area contributed by atoms with Crippen molar-refractivity contribution in [3.05, 3.63) is 27.8 Å². The van der Waals surface area contributed by atoms with Crippen LogP contribution in [0.2, 0.25) is 0 Å². The van der Waals surface area contributed by atoms with Crippen LogP contribution in [0.25, 0.3) is 0 Å². The van der Waals surface area contributed by atoms with Gasteiger partial charge in [-0.3, -0.25) is 4.79 Å². The lowest BCUT2D eigenvalue weighted by atomic mass is 9.89. The number of carboxylic acid groups (broad SMARTS) is 1. The third kappa shape index (κ3) is 3.37. The highest BCUT2D eigenvalue weighted by Gasteiger charge is 2.25. The van der Waals surface area contributed by atoms with Crippen molar-refractivity contribution in [3.8, 4) is 0 Å². The summed E-state index contributed by atoms with van der Waals surface area (Å²) in [6, 6.07) is 0. The van der Waals surface area contributed by atoms with Crippen LogP contribution in [0.4, 0.5) is 5.69 Å². The third-order valence-electron chi connectivity index (χ3n) is 3.66. The minimum atomic E-state index is -1.14. The Morgan fingerprint density at radius 3 is 2.27 bits per heavy atom. The van der Waals surface area contributed by atoms with Gasteiger partial charge in [-0.25, -0.2) is 4.79 Å². The van der Waals surface area contributed by atoms with Crippen molar-refractivity contribution in [2.45, 2.75) is 33.3 Å². The van der Waals surface area contributed by atoms with Gasteiger partial charge < -0.3 is 26.4 Å². The van der Waals surface area contributed by atoms with Crippen LogP contribution in [-0.4, -0.2) is 46.5 Å². The molecule has 1 unspecified atom stereocenters. The van der Waals surface area contributed by atoms with Crippen molar-refractivity contribution in [2.24, 2.45) is 0 Å². The predicted octanol–water partition coefficient (Wildman–Crippen LogP) is 0.229. The number of hydrogen-bond acceptors (Lipinski definition) is 5. The number of anilines is 1. The van der Waals surface area contributed by atoms with E-state index in [1.54, 1.807) is 13.8 Å². The van der Waals surface area contributed by atoms with Crippen LogP contribution in [0, 0.1) is 13.8 Å². The minimum Gasteiger partial charge on any atom is -0.478 e. The predicted molar refractivity (Wildman–Crippen MR) is 82.1 cm³/mol. The van der Waals surface area contributed by atoms with Gasteiger partial charge in [0.05, 0.1) is 18.3 Å². The van der Waals surface area contributed by atoms with Crippen LogP contribution in [0.15, 0.2) is 0 Å². The molecule has 7 nitrogen and oxygen atoms in total. The number of aromatic carboxylic acids is 1. The molecule has 1 aromatic rings. The number of aliphatic hydroxyl groups excluding tert-OH is 2. The number of hydrogen-bond donors (Lipinski definition) is 5. The first-order chi connectivity index (χ1) is 10.3. The zero-order chi connectivity index (χ0) is 17.0. The molecule has 1 aromatic carbocycles. The molecule has 0 fully saturated rings. The molecule has 0 heterocycles. The maximum atomic E-state index is 12.4. The molecule has 0 saturated carbocycles. The maximum absolute atomic E-state index is 12.4. The fourth-order valence-corrected chi connectivity index (χ4v) is 2.49. The smallest absolute Gasteiger partial charge is 0.336 e. The second kappa shape index (κ2) is 7.24. The van der Waals surface area contributed by atoms with Gasteiger partial charge in [0, 0.05) is 17.8 Å². The number of amides is 1. The van der Waals surface area contributed by atoms with E-state index in [1.807, 2.05) is 6.92 Å². The van der Waals surface area contributed by atoms with Crippen LogP contribution in [-0.2, 0) is 6.42 Å². The minimum absolute atomic E-state index is 0.0163. The summed E-state index contributed by atoms with van der Waals surface area (Å²) >= 11 is 0. The van der Waals surface area contributed by atoms with Crippen molar-refractivity contribution in [1.82, 2.24) is 5.32 Å². The SMILES string of the molecule is CCc1c(N)c(C)c(C(=O)O)c(C)c1C(=O)NCC(O)CO. The van der Waals surface area contributed by atoms with Crippen LogP contribution >= 0.6 is 0 Å². The van der Waals surface area contributed by atoms with Gasteiger partial charge in [0.2, 0.25) is 0 Å². The molecule has 0 aliphatic heterocycles. The molecule has 0 bridgehead atoms. The third-order valence-corrected chi connectivity index (χ3v) is 3.66. The van der Waals surface area contributed by atoms with Crippen molar-refractivity contribution in [1.29, 1.82) is 0 Å². The number of carboxylic acids is 1. The number of nitrogens with one attached hydrogen (secondary N) is 1. The Morgan fingerprint density at radius 2 is 1.82 bits per heavy atom. The van der Waals surface area contributed by atoms with E-state index in [0.717, 1.165) is 0 Å². The molecular weight excluding hydrogens is 288 g/mol. The zero-order valence-corrected chi connectivity index (χ0v) is 12.9. The second-order valence-electron chi connectivity index (χ2n) is 5.10. The van der Waals surface area contributed by atoms with E-state index in [1.165, 1.54) is 0 Å². The van der Waals surface area contributed by atoms with Gasteiger partial charge >= 0.3 is 5.97 Å². The van der Waals surface area contributed by atoms with Crippen molar-refractivity contribution in [3.63, 3.8) is 0 Å². The molecule has 6 N–H and O–H groups in total. The maximum Gasteiger partial charge on any atom is 0.336 e. The van der Waals surface area contributed by atoms with Gasteiger partial charge in [0.25, 0.3) is 5.91 Å². The fraction of sp³-hybridized carbons (Fsp3) is 0.467. The van der Waals surface area contributed by atoms with E-state index >= 15 is 0 Å². The number of carbonyl (C=O) groups is 2. The number of carbonyl (C=O) groups excluding carboxylic acids is 1. The van der Waals surface area contributed by atoms with Crippen LogP contribution in [0.3, 0.4) is 0 Å². The highest BCUT2D eigenvalue weighted by atomic mass is 16.4. The Morgan fingerprint density at radius 1 is 1.23 bits per heavy atom. The molecule has 0 aliphatic rings. The second-order valence-corrected chi connectivity index (χ2v) is 5.10. The van der Waals surface area contributed by atoms with Crippen molar-refractivity contribution >= 4 is 17.6 Å². The standard InChI is InChI=1S/C15H22N2O5/c1-4-10-12(14(20)17-5-9(19)6-18)7(2)11(15(21)22)8(3)13(10)16/h9,18-19H,4-6,16H2,1-3H3,(H,17,20)(H,21,22). The molecule has 0 saturated heterocycles. The summed E-state index contributed by atoms with van der Waals surface area (Å²) in [7, 11) is 0. The van der Waals surface area contributed by atoms with Gasteiger partial charge in [0.1, 0.15) is 0 Å². The summed E-state index contributed by atoms with van der Waals surface area (Å²) in [5.74, 6) is -1.66. The summed E-state index contributed by atoms with van der Waals surface area (Å²) < 4.78 is 0. The monoisotopic (exact) mass is 310 g/mol. The quantitative estimate of drug-likeness (QED) is 0.478. The van der Waals surface area contributed by atoms with Gasteiger partial charge in [-0.05, 0) is 37.0 Å². The molecule has 1 amide bonds. The van der Waals surface area contributed by atoms with E-state index < -0.39 is 24.6 Å². The van der Waals surface area contributed by atoms with Gasteiger partial charge in [0.15, 0.2) is 0 Å². The molecule has 1 atom stereocenters. The lowest BCUT2D eigenvalue weighted by molar-refractivity contribution is 0.0695. The Labute approximate surface area is 128 Å². The molecule has 122 valence electrons. The Kier molecular flexibility index (Phi) is 5.90. The summed E-state index contributed by atoms with van der Waals surface area (Å²) in [6.07, 6.45) is -0.602. The molecule has 0 radical (unpaired) electrons. The summed E-state index contributed by atoms with van der Waals surface area (Å²) in [5, 5.41) is 29.9. The zero-order valence-electron chi connectivity index (χ0n) is 12.9. The Balaban J connectivity index is 3.39. The van der Waals surface area contributed by atoms with Gasteiger partial charge in [-0.15, -0.1) is 0 Å². The number of nitrogens with two attached hydrogens (primary N) is 1. The van der Waals surface area contributed by atoms with E-state index in [-0.39, 0.29) is 17.7 Å². The lowest BCUT2D eigenvalue weighted by Crippen LogP contribution is -2.35. The Bertz CT molecular complexity index is 598. The van der Waals surface area contributed by atoms with Crippen LogP contribution in [0.1, 0.15) is 44.3 Å². The first-order valence-corrected chi connectivity index (χ1v) is 6.98. The first kappa shape index (κ1) is 17.9. The summed E-state index contributed by atoms with van der Waals surface area (Å²) in [5.41, 5.74) is 7.87. The Hall–Kier alpha value is -2.12. The average molecular weight is 310 g/mol. The highest BCUT2D eigenvalue weighted by molar-refractivity contribution is 6.04. The van der Waals surface area contributed by atoms with Gasteiger partial charge in [-0.1, -0.05) is 6.92 Å².